The van der Waals surface area contributed by atoms with Crippen LogP contribution in [0.2, 0.25) is 4.34 Å². The summed E-state index contributed by atoms with van der Waals surface area (Å²) in [7, 11) is 0. The van der Waals surface area contributed by atoms with Crippen molar-refractivity contribution >= 4 is 28.8 Å². The van der Waals surface area contributed by atoms with E-state index in [0.29, 0.717) is 12.1 Å². The molecule has 2 rings (SSSR count). The number of nitrogens with zero attached hydrogens (tertiary/aromatic N) is 1. The Morgan fingerprint density at radius 3 is 3.00 bits per heavy atom. The maximum Gasteiger partial charge on any atom is 0.255 e. The second kappa shape index (κ2) is 4.67. The van der Waals surface area contributed by atoms with Crippen molar-refractivity contribution in [2.24, 2.45) is 0 Å². The number of amides is 1. The first kappa shape index (κ1) is 11.2. The normalized spacial score (nSPS) is 10.4. The lowest BCUT2D eigenvalue weighted by molar-refractivity contribution is 0.0951. The third-order valence-electron chi connectivity index (χ3n) is 2.13. The van der Waals surface area contributed by atoms with Crippen molar-refractivity contribution in [2.75, 3.05) is 0 Å². The predicted octanol–water partition coefficient (Wildman–Crippen LogP) is 2.36. The quantitative estimate of drug-likeness (QED) is 0.885. The lowest BCUT2D eigenvalue weighted by atomic mass is 10.2. The van der Waals surface area contributed by atoms with Crippen molar-refractivity contribution in [1.29, 1.82) is 0 Å². The molecular weight excluding hydrogens is 246 g/mol. The van der Waals surface area contributed by atoms with Crippen molar-refractivity contribution < 1.29 is 4.79 Å². The van der Waals surface area contributed by atoms with E-state index in [1.807, 2.05) is 19.1 Å². The van der Waals surface area contributed by atoms with Crippen LogP contribution in [0.15, 0.2) is 18.3 Å². The predicted molar refractivity (Wildman–Crippen MR) is 63.8 cm³/mol. The average Bonchev–Trinajstić information content (AvgIpc) is 2.84. The van der Waals surface area contributed by atoms with Crippen LogP contribution in [0.5, 0.6) is 0 Å². The van der Waals surface area contributed by atoms with Gasteiger partial charge in [0.1, 0.15) is 0 Å². The summed E-state index contributed by atoms with van der Waals surface area (Å²) in [6.45, 7) is 2.30. The minimum atomic E-state index is -0.129. The van der Waals surface area contributed by atoms with Gasteiger partial charge in [-0.2, -0.15) is 5.10 Å². The monoisotopic (exact) mass is 255 g/mol. The van der Waals surface area contributed by atoms with Gasteiger partial charge in [-0.3, -0.25) is 9.89 Å². The lowest BCUT2D eigenvalue weighted by Crippen LogP contribution is -2.22. The van der Waals surface area contributed by atoms with Gasteiger partial charge in [0.2, 0.25) is 0 Å². The van der Waals surface area contributed by atoms with Crippen molar-refractivity contribution in [1.82, 2.24) is 15.5 Å². The summed E-state index contributed by atoms with van der Waals surface area (Å²) in [5.74, 6) is -0.129. The first-order chi connectivity index (χ1) is 7.66. The van der Waals surface area contributed by atoms with Crippen LogP contribution in [0, 0.1) is 6.92 Å². The minimum Gasteiger partial charge on any atom is -0.347 e. The smallest absolute Gasteiger partial charge is 0.255 e. The molecule has 0 saturated carbocycles. The van der Waals surface area contributed by atoms with Crippen molar-refractivity contribution in [3.63, 3.8) is 0 Å². The van der Waals surface area contributed by atoms with Crippen LogP contribution in [-0.4, -0.2) is 16.1 Å². The van der Waals surface area contributed by atoms with Crippen LogP contribution >= 0.6 is 22.9 Å². The maximum atomic E-state index is 11.7. The average molecular weight is 256 g/mol. The van der Waals surface area contributed by atoms with Gasteiger partial charge in [-0.15, -0.1) is 11.3 Å². The molecule has 2 aromatic heterocycles. The number of halogens is 1. The number of aromatic amines is 1. The number of carbonyl (C=O) groups excluding carboxylic acids is 1. The molecule has 0 unspecified atom stereocenters. The fraction of sp³-hybridized carbons (Fsp3) is 0.200. The van der Waals surface area contributed by atoms with E-state index in [0.717, 1.165) is 14.9 Å². The highest BCUT2D eigenvalue weighted by Crippen LogP contribution is 2.21. The Labute approximate surface area is 102 Å². The Morgan fingerprint density at radius 2 is 2.44 bits per heavy atom. The SMILES string of the molecule is Cc1[nH]ncc1C(=O)NCc1ccc(Cl)s1. The minimum absolute atomic E-state index is 0.129. The molecule has 2 N–H and O–H groups in total. The molecule has 0 aromatic carbocycles. The summed E-state index contributed by atoms with van der Waals surface area (Å²) in [6.07, 6.45) is 1.52. The molecule has 0 spiro atoms. The van der Waals surface area contributed by atoms with Crippen molar-refractivity contribution in [2.45, 2.75) is 13.5 Å². The Balaban J connectivity index is 1.96. The van der Waals surface area contributed by atoms with E-state index in [4.69, 9.17) is 11.6 Å². The highest BCUT2D eigenvalue weighted by molar-refractivity contribution is 7.16. The molecule has 16 heavy (non-hydrogen) atoms. The molecule has 0 aliphatic rings. The van der Waals surface area contributed by atoms with Gasteiger partial charge in [0, 0.05) is 10.6 Å². The van der Waals surface area contributed by atoms with Gasteiger partial charge in [0.25, 0.3) is 5.91 Å². The zero-order chi connectivity index (χ0) is 11.5. The van der Waals surface area contributed by atoms with Gasteiger partial charge >= 0.3 is 0 Å². The van der Waals surface area contributed by atoms with Gasteiger partial charge in [0.05, 0.1) is 22.6 Å². The topological polar surface area (TPSA) is 57.8 Å². The molecule has 0 atom stereocenters. The summed E-state index contributed by atoms with van der Waals surface area (Å²) < 4.78 is 0.726. The number of rotatable bonds is 3. The zero-order valence-electron chi connectivity index (χ0n) is 8.58. The van der Waals surface area contributed by atoms with Crippen LogP contribution in [0.4, 0.5) is 0 Å². The fourth-order valence-corrected chi connectivity index (χ4v) is 2.32. The molecule has 2 aromatic rings. The highest BCUT2D eigenvalue weighted by Gasteiger charge is 2.10. The Bertz CT molecular complexity index is 506. The molecular formula is C10H10ClN3OS. The summed E-state index contributed by atoms with van der Waals surface area (Å²) in [5.41, 5.74) is 1.34. The Hall–Kier alpha value is -1.33. The van der Waals surface area contributed by atoms with E-state index in [2.05, 4.69) is 15.5 Å². The molecule has 84 valence electrons. The molecule has 0 aliphatic carbocycles. The van der Waals surface area contributed by atoms with Crippen LogP contribution in [0.3, 0.4) is 0 Å². The summed E-state index contributed by atoms with van der Waals surface area (Å²) in [4.78, 5) is 12.7. The van der Waals surface area contributed by atoms with Gasteiger partial charge in [-0.25, -0.2) is 0 Å². The van der Waals surface area contributed by atoms with Gasteiger partial charge in [-0.05, 0) is 19.1 Å². The number of hydrogen-bond donors (Lipinski definition) is 2. The van der Waals surface area contributed by atoms with Crippen molar-refractivity contribution in [3.05, 3.63) is 38.8 Å². The number of thiophene rings is 1. The molecule has 4 nitrogen and oxygen atoms in total. The third kappa shape index (κ3) is 2.43. The van der Waals surface area contributed by atoms with Crippen LogP contribution < -0.4 is 5.32 Å². The number of H-pyrrole nitrogens is 1. The number of aromatic nitrogens is 2. The second-order valence-electron chi connectivity index (χ2n) is 3.30. The Kier molecular flexibility index (Phi) is 3.26. The highest BCUT2D eigenvalue weighted by atomic mass is 35.5. The van der Waals surface area contributed by atoms with Gasteiger partial charge in [-0.1, -0.05) is 11.6 Å². The Morgan fingerprint density at radius 1 is 1.62 bits per heavy atom. The summed E-state index contributed by atoms with van der Waals surface area (Å²) in [5, 5.41) is 9.33. The van der Waals surface area contributed by atoms with E-state index >= 15 is 0 Å². The lowest BCUT2D eigenvalue weighted by Gasteiger charge is -2.01. The number of hydrogen-bond acceptors (Lipinski definition) is 3. The third-order valence-corrected chi connectivity index (χ3v) is 3.36. The van der Waals surface area contributed by atoms with Gasteiger partial charge in [0.15, 0.2) is 0 Å². The van der Waals surface area contributed by atoms with Crippen molar-refractivity contribution in [3.8, 4) is 0 Å². The molecule has 0 bridgehead atoms. The second-order valence-corrected chi connectivity index (χ2v) is 5.10. The molecule has 1 amide bonds. The number of nitrogens with one attached hydrogen (secondary N) is 2. The molecule has 0 aliphatic heterocycles. The number of carbonyl (C=O) groups is 1. The van der Waals surface area contributed by atoms with Crippen LogP contribution in [0.25, 0.3) is 0 Å². The largest absolute Gasteiger partial charge is 0.347 e. The van der Waals surface area contributed by atoms with Gasteiger partial charge < -0.3 is 5.32 Å². The standard InChI is InChI=1S/C10H10ClN3OS/c1-6-8(5-13-14-6)10(15)12-4-7-2-3-9(11)16-7/h2-3,5H,4H2,1H3,(H,12,15)(H,13,14). The van der Waals surface area contributed by atoms with E-state index in [-0.39, 0.29) is 5.91 Å². The number of aryl methyl sites for hydroxylation is 1. The molecule has 2 heterocycles. The van der Waals surface area contributed by atoms with E-state index in [1.165, 1.54) is 17.5 Å². The zero-order valence-corrected chi connectivity index (χ0v) is 10.2. The molecule has 0 radical (unpaired) electrons. The van der Waals surface area contributed by atoms with E-state index < -0.39 is 0 Å². The molecule has 0 saturated heterocycles. The maximum absolute atomic E-state index is 11.7. The van der Waals surface area contributed by atoms with E-state index in [1.54, 1.807) is 0 Å². The first-order valence-electron chi connectivity index (χ1n) is 4.69. The summed E-state index contributed by atoms with van der Waals surface area (Å²) >= 11 is 7.25. The molecule has 6 heteroatoms. The first-order valence-corrected chi connectivity index (χ1v) is 5.88. The fourth-order valence-electron chi connectivity index (χ4n) is 1.29. The van der Waals surface area contributed by atoms with Crippen LogP contribution in [0.1, 0.15) is 20.9 Å². The molecule has 0 fully saturated rings. The van der Waals surface area contributed by atoms with E-state index in [9.17, 15) is 4.79 Å². The summed E-state index contributed by atoms with van der Waals surface area (Å²) in [6, 6.07) is 3.71. The van der Waals surface area contributed by atoms with Crippen LogP contribution in [-0.2, 0) is 6.54 Å².